The average Bonchev–Trinajstić information content (AvgIpc) is 3.09. The summed E-state index contributed by atoms with van der Waals surface area (Å²) in [5, 5.41) is 8.90. The number of amides is 1. The summed E-state index contributed by atoms with van der Waals surface area (Å²) in [4.78, 5) is 13.2. The van der Waals surface area contributed by atoms with Crippen molar-refractivity contribution >= 4 is 22.4 Å². The lowest BCUT2D eigenvalue weighted by molar-refractivity contribution is 0.102. The van der Waals surface area contributed by atoms with Crippen LogP contribution in [0.4, 0.5) is 5.69 Å². The molecule has 0 bridgehead atoms. The number of rotatable bonds is 7. The van der Waals surface area contributed by atoms with Crippen molar-refractivity contribution in [3.8, 4) is 5.75 Å². The summed E-state index contributed by atoms with van der Waals surface area (Å²) in [5.41, 5.74) is 3.80. The van der Waals surface area contributed by atoms with Crippen molar-refractivity contribution in [3.63, 3.8) is 0 Å². The maximum absolute atomic E-state index is 13.2. The van der Waals surface area contributed by atoms with E-state index in [9.17, 15) is 4.79 Å². The van der Waals surface area contributed by atoms with E-state index in [0.29, 0.717) is 29.4 Å². The third-order valence-electron chi connectivity index (χ3n) is 5.14. The maximum atomic E-state index is 13.2. The van der Waals surface area contributed by atoms with Crippen LogP contribution in [0.15, 0.2) is 65.2 Å². The highest BCUT2D eigenvalue weighted by atomic mass is 16.5. The number of carbonyl (C=O) groups excluding carboxylic acids is 1. The van der Waals surface area contributed by atoms with E-state index in [4.69, 9.17) is 14.0 Å². The number of fused-ring (bicyclic) bond motifs is 1. The zero-order valence-electron chi connectivity index (χ0n) is 17.8. The number of hydrogen-bond acceptors (Lipinski definition) is 5. The number of nitrogens with one attached hydrogen (secondary N) is 1. The van der Waals surface area contributed by atoms with E-state index >= 15 is 0 Å². The first-order valence-electron chi connectivity index (χ1n) is 10.0. The van der Waals surface area contributed by atoms with Gasteiger partial charge in [0.2, 0.25) is 0 Å². The molecular weight excluding hydrogens is 392 g/mol. The fourth-order valence-electron chi connectivity index (χ4n) is 3.48. The van der Waals surface area contributed by atoms with E-state index in [0.717, 1.165) is 27.6 Å². The Labute approximate surface area is 180 Å². The smallest absolute Gasteiger partial charge is 0.259 e. The summed E-state index contributed by atoms with van der Waals surface area (Å²) in [5.74, 6) is 0.970. The topological polar surface area (TPSA) is 73.6 Å². The SMILES string of the molecule is COCc1cccc(NC(=O)c2cc3ccccc3cc2OCc2c(C)noc2C)c1. The van der Waals surface area contributed by atoms with Gasteiger partial charge in [0.15, 0.2) is 0 Å². The van der Waals surface area contributed by atoms with Gasteiger partial charge in [-0.15, -0.1) is 0 Å². The Morgan fingerprint density at radius 3 is 2.48 bits per heavy atom. The second-order valence-electron chi connectivity index (χ2n) is 7.37. The molecule has 0 unspecified atom stereocenters. The normalized spacial score (nSPS) is 10.9. The molecule has 0 saturated heterocycles. The van der Waals surface area contributed by atoms with E-state index in [1.165, 1.54) is 0 Å². The van der Waals surface area contributed by atoms with E-state index in [-0.39, 0.29) is 12.5 Å². The first-order valence-corrected chi connectivity index (χ1v) is 10.0. The number of benzene rings is 3. The van der Waals surface area contributed by atoms with Crippen LogP contribution in [0.1, 0.15) is 32.9 Å². The second-order valence-corrected chi connectivity index (χ2v) is 7.37. The lowest BCUT2D eigenvalue weighted by Crippen LogP contribution is -2.14. The summed E-state index contributed by atoms with van der Waals surface area (Å²) in [7, 11) is 1.64. The quantitative estimate of drug-likeness (QED) is 0.435. The minimum atomic E-state index is -0.242. The summed E-state index contributed by atoms with van der Waals surface area (Å²) >= 11 is 0. The summed E-state index contributed by atoms with van der Waals surface area (Å²) in [6.07, 6.45) is 0. The van der Waals surface area contributed by atoms with Gasteiger partial charge in [-0.3, -0.25) is 4.79 Å². The Morgan fingerprint density at radius 2 is 1.77 bits per heavy atom. The number of anilines is 1. The molecule has 3 aromatic carbocycles. The van der Waals surface area contributed by atoms with Crippen LogP contribution in [0, 0.1) is 13.8 Å². The number of nitrogens with zero attached hydrogens (tertiary/aromatic N) is 1. The van der Waals surface area contributed by atoms with Crippen molar-refractivity contribution in [1.82, 2.24) is 5.16 Å². The molecule has 6 heteroatoms. The summed E-state index contributed by atoms with van der Waals surface area (Å²) in [6, 6.07) is 19.2. The molecule has 6 nitrogen and oxygen atoms in total. The van der Waals surface area contributed by atoms with Crippen LogP contribution in [0.5, 0.6) is 5.75 Å². The average molecular weight is 416 g/mol. The zero-order chi connectivity index (χ0) is 21.8. The highest BCUT2D eigenvalue weighted by Gasteiger charge is 2.17. The van der Waals surface area contributed by atoms with E-state index < -0.39 is 0 Å². The van der Waals surface area contributed by atoms with Gasteiger partial charge in [-0.1, -0.05) is 41.6 Å². The van der Waals surface area contributed by atoms with E-state index in [1.54, 1.807) is 7.11 Å². The molecule has 1 aromatic heterocycles. The molecule has 0 spiro atoms. The van der Waals surface area contributed by atoms with Crippen molar-refractivity contribution in [2.45, 2.75) is 27.1 Å². The Bertz CT molecular complexity index is 1210. The molecule has 0 aliphatic carbocycles. The number of ether oxygens (including phenoxy) is 2. The Morgan fingerprint density at radius 1 is 1.00 bits per heavy atom. The van der Waals surface area contributed by atoms with Gasteiger partial charge in [-0.25, -0.2) is 0 Å². The van der Waals surface area contributed by atoms with Crippen molar-refractivity contribution in [2.24, 2.45) is 0 Å². The number of carbonyl (C=O) groups is 1. The fourth-order valence-corrected chi connectivity index (χ4v) is 3.48. The molecule has 1 N–H and O–H groups in total. The molecule has 0 aliphatic rings. The lowest BCUT2D eigenvalue weighted by atomic mass is 10.0. The third kappa shape index (κ3) is 4.59. The summed E-state index contributed by atoms with van der Waals surface area (Å²) < 4.78 is 16.5. The molecule has 4 rings (SSSR count). The predicted molar refractivity (Wildman–Crippen MR) is 119 cm³/mol. The van der Waals surface area contributed by atoms with Crippen LogP contribution in [0.2, 0.25) is 0 Å². The lowest BCUT2D eigenvalue weighted by Gasteiger charge is -2.14. The van der Waals surface area contributed by atoms with Crippen LogP contribution in [0.3, 0.4) is 0 Å². The number of hydrogen-bond donors (Lipinski definition) is 1. The van der Waals surface area contributed by atoms with E-state index in [2.05, 4.69) is 10.5 Å². The Kier molecular flexibility index (Phi) is 6.00. The van der Waals surface area contributed by atoms with Gasteiger partial charge >= 0.3 is 0 Å². The van der Waals surface area contributed by atoms with Crippen molar-refractivity contribution in [2.75, 3.05) is 12.4 Å². The standard InChI is InChI=1S/C25H24N2O4/c1-16-23(17(2)31-27-16)15-30-24-13-20-9-5-4-8-19(20)12-22(24)25(28)26-21-10-6-7-18(11-21)14-29-3/h4-13H,14-15H2,1-3H3,(H,26,28). The van der Waals surface area contributed by atoms with Gasteiger partial charge in [-0.05, 0) is 54.4 Å². The molecule has 1 amide bonds. The first kappa shape index (κ1) is 20.6. The monoisotopic (exact) mass is 416 g/mol. The summed E-state index contributed by atoms with van der Waals surface area (Å²) in [6.45, 7) is 4.46. The van der Waals surface area contributed by atoms with Crippen LogP contribution >= 0.6 is 0 Å². The number of aryl methyl sites for hydroxylation is 2. The fraction of sp³-hybridized carbons (Fsp3) is 0.200. The Balaban J connectivity index is 1.65. The molecule has 4 aromatic rings. The third-order valence-corrected chi connectivity index (χ3v) is 5.14. The molecular formula is C25H24N2O4. The predicted octanol–water partition coefficient (Wildman–Crippen LogP) is 5.42. The highest BCUT2D eigenvalue weighted by Crippen LogP contribution is 2.28. The van der Waals surface area contributed by atoms with Crippen LogP contribution in [0.25, 0.3) is 10.8 Å². The van der Waals surface area contributed by atoms with Gasteiger partial charge in [0.1, 0.15) is 18.1 Å². The van der Waals surface area contributed by atoms with Gasteiger partial charge in [0.05, 0.1) is 23.4 Å². The molecule has 158 valence electrons. The zero-order valence-corrected chi connectivity index (χ0v) is 17.8. The number of aromatic nitrogens is 1. The molecule has 0 saturated carbocycles. The van der Waals surface area contributed by atoms with Gasteiger partial charge in [-0.2, -0.15) is 0 Å². The first-order chi connectivity index (χ1) is 15.0. The number of methoxy groups -OCH3 is 1. The van der Waals surface area contributed by atoms with Crippen LogP contribution in [-0.4, -0.2) is 18.2 Å². The van der Waals surface area contributed by atoms with E-state index in [1.807, 2.05) is 74.5 Å². The van der Waals surface area contributed by atoms with Crippen molar-refractivity contribution in [3.05, 3.63) is 88.8 Å². The molecule has 0 aliphatic heterocycles. The second kappa shape index (κ2) is 9.02. The van der Waals surface area contributed by atoms with Crippen molar-refractivity contribution in [1.29, 1.82) is 0 Å². The molecule has 0 fully saturated rings. The largest absolute Gasteiger partial charge is 0.488 e. The van der Waals surface area contributed by atoms with Crippen LogP contribution in [-0.2, 0) is 18.0 Å². The minimum absolute atomic E-state index is 0.242. The van der Waals surface area contributed by atoms with Gasteiger partial charge < -0.3 is 19.3 Å². The maximum Gasteiger partial charge on any atom is 0.259 e. The van der Waals surface area contributed by atoms with Crippen molar-refractivity contribution < 1.29 is 18.8 Å². The molecule has 31 heavy (non-hydrogen) atoms. The molecule has 0 radical (unpaired) electrons. The minimum Gasteiger partial charge on any atom is -0.488 e. The van der Waals surface area contributed by atoms with Gasteiger partial charge in [0, 0.05) is 12.8 Å². The molecule has 1 heterocycles. The Hall–Kier alpha value is -3.64. The highest BCUT2D eigenvalue weighted by molar-refractivity contribution is 6.08. The molecule has 0 atom stereocenters. The van der Waals surface area contributed by atoms with Crippen LogP contribution < -0.4 is 10.1 Å². The van der Waals surface area contributed by atoms with Gasteiger partial charge in [0.25, 0.3) is 5.91 Å².